The van der Waals surface area contributed by atoms with Crippen LogP contribution in [0.5, 0.6) is 0 Å². The largest absolute Gasteiger partial charge is 0.392 e. The van der Waals surface area contributed by atoms with Crippen LogP contribution in [0.2, 0.25) is 0 Å². The van der Waals surface area contributed by atoms with Gasteiger partial charge in [-0.15, -0.1) is 0 Å². The Hall–Kier alpha value is 0.440. The van der Waals surface area contributed by atoms with Crippen LogP contribution in [0.3, 0.4) is 0 Å². The molecule has 2 heteroatoms. The number of alkyl halides is 1. The summed E-state index contributed by atoms with van der Waals surface area (Å²) >= 11 is 3.17. The highest BCUT2D eigenvalue weighted by molar-refractivity contribution is 9.09. The predicted molar refractivity (Wildman–Crippen MR) is 34.6 cm³/mol. The third-order valence-electron chi connectivity index (χ3n) is 0.928. The predicted octanol–water partition coefficient (Wildman–Crippen LogP) is 1.40. The van der Waals surface area contributed by atoms with E-state index in [1.165, 1.54) is 0 Å². The average Bonchev–Trinajstić information content (AvgIpc) is 1.65. The summed E-state index contributed by atoms with van der Waals surface area (Å²) in [4.78, 5) is 0. The van der Waals surface area contributed by atoms with E-state index < -0.39 is 0 Å². The second-order valence-corrected chi connectivity index (χ2v) is 2.61. The first kappa shape index (κ1) is 7.44. The molecule has 1 N–H and O–H groups in total. The molecule has 0 aromatic rings. The van der Waals surface area contributed by atoms with Crippen LogP contribution in [0.4, 0.5) is 0 Å². The molecule has 0 unspecified atom stereocenters. The van der Waals surface area contributed by atoms with E-state index in [0.717, 1.165) is 0 Å². The summed E-state index contributed by atoms with van der Waals surface area (Å²) in [6.45, 7) is 3.98. The lowest BCUT2D eigenvalue weighted by Gasteiger charge is -2.08. The number of aliphatic hydroxyl groups excluding tert-OH is 1. The summed E-state index contributed by atoms with van der Waals surface area (Å²) in [7, 11) is 0. The minimum Gasteiger partial charge on any atom is -0.392 e. The Kier molecular flexibility index (Phi) is 3.66. The number of aliphatic hydroxyl groups is 1. The number of halogens is 1. The molecule has 0 saturated carbocycles. The van der Waals surface area contributed by atoms with Gasteiger partial charge in [-0.3, -0.25) is 0 Å². The summed E-state index contributed by atoms with van der Waals surface area (Å²) < 4.78 is 0. The van der Waals surface area contributed by atoms with Gasteiger partial charge in [0.15, 0.2) is 0 Å². The van der Waals surface area contributed by atoms with Crippen LogP contribution in [0.1, 0.15) is 13.8 Å². The normalized spacial score (nSPS) is 15.0. The van der Waals surface area contributed by atoms with Crippen molar-refractivity contribution in [2.24, 2.45) is 5.92 Å². The molecule has 0 aromatic carbocycles. The van der Waals surface area contributed by atoms with Gasteiger partial charge in [-0.05, 0) is 5.92 Å². The van der Waals surface area contributed by atoms with E-state index in [9.17, 15) is 0 Å². The Balaban J connectivity index is 3.14. The van der Waals surface area contributed by atoms with Gasteiger partial charge in [-0.1, -0.05) is 29.8 Å². The Morgan fingerprint density at radius 3 is 2.00 bits per heavy atom. The Labute approximate surface area is 52.9 Å². The summed E-state index contributed by atoms with van der Waals surface area (Å²) in [6.07, 6.45) is -0.181. The van der Waals surface area contributed by atoms with Crippen molar-refractivity contribution >= 4 is 15.9 Å². The highest BCUT2D eigenvalue weighted by Crippen LogP contribution is 2.02. The first-order chi connectivity index (χ1) is 3.18. The zero-order valence-corrected chi connectivity index (χ0v) is 6.27. The lowest BCUT2D eigenvalue weighted by molar-refractivity contribution is 0.150. The fraction of sp³-hybridized carbons (Fsp3) is 1.00. The minimum absolute atomic E-state index is 0.181. The van der Waals surface area contributed by atoms with Crippen molar-refractivity contribution in [2.45, 2.75) is 20.0 Å². The van der Waals surface area contributed by atoms with Crippen LogP contribution in [0.15, 0.2) is 0 Å². The van der Waals surface area contributed by atoms with Gasteiger partial charge in [-0.25, -0.2) is 0 Å². The van der Waals surface area contributed by atoms with E-state index >= 15 is 0 Å². The Morgan fingerprint density at radius 1 is 1.57 bits per heavy atom. The molecular weight excluding hydrogens is 156 g/mol. The van der Waals surface area contributed by atoms with Crippen molar-refractivity contribution in [1.82, 2.24) is 0 Å². The summed E-state index contributed by atoms with van der Waals surface area (Å²) in [5, 5.41) is 9.57. The van der Waals surface area contributed by atoms with Gasteiger partial charge in [0, 0.05) is 5.33 Å². The van der Waals surface area contributed by atoms with Crippen LogP contribution in [-0.4, -0.2) is 16.5 Å². The minimum atomic E-state index is -0.181. The Bertz CT molecular complexity index is 45.3. The van der Waals surface area contributed by atoms with Crippen LogP contribution in [0, 0.1) is 5.92 Å². The van der Waals surface area contributed by atoms with E-state index in [0.29, 0.717) is 11.2 Å². The number of hydrogen-bond donors (Lipinski definition) is 1. The molecule has 0 fully saturated rings. The molecule has 0 heterocycles. The lowest BCUT2D eigenvalue weighted by atomic mass is 10.1. The molecule has 0 aliphatic rings. The van der Waals surface area contributed by atoms with Gasteiger partial charge in [0.1, 0.15) is 0 Å². The highest BCUT2D eigenvalue weighted by Gasteiger charge is 2.04. The third-order valence-corrected chi connectivity index (χ3v) is 1.59. The topological polar surface area (TPSA) is 20.2 Å². The molecule has 0 spiro atoms. The van der Waals surface area contributed by atoms with Crippen LogP contribution in [-0.2, 0) is 0 Å². The molecule has 0 radical (unpaired) electrons. The average molecular weight is 167 g/mol. The maximum absolute atomic E-state index is 8.89. The molecule has 0 aliphatic carbocycles. The van der Waals surface area contributed by atoms with Crippen molar-refractivity contribution in [2.75, 3.05) is 5.33 Å². The zero-order chi connectivity index (χ0) is 5.86. The molecule has 0 aromatic heterocycles. The standard InChI is InChI=1S/C5H11BrO/c1-4(2)5(7)3-6/h4-5,7H,3H2,1-2H3/t5-/m1/s1. The van der Waals surface area contributed by atoms with Crippen LogP contribution in [0.25, 0.3) is 0 Å². The van der Waals surface area contributed by atoms with Crippen molar-refractivity contribution in [3.8, 4) is 0 Å². The molecule has 0 rings (SSSR count). The van der Waals surface area contributed by atoms with Crippen molar-refractivity contribution in [3.63, 3.8) is 0 Å². The second kappa shape index (κ2) is 3.44. The lowest BCUT2D eigenvalue weighted by Crippen LogP contribution is -2.15. The van der Waals surface area contributed by atoms with Gasteiger partial charge in [-0.2, -0.15) is 0 Å². The van der Waals surface area contributed by atoms with Crippen molar-refractivity contribution in [3.05, 3.63) is 0 Å². The quantitative estimate of drug-likeness (QED) is 0.616. The highest BCUT2D eigenvalue weighted by atomic mass is 79.9. The first-order valence-electron chi connectivity index (χ1n) is 2.42. The van der Waals surface area contributed by atoms with Crippen LogP contribution < -0.4 is 0 Å². The van der Waals surface area contributed by atoms with Gasteiger partial charge >= 0.3 is 0 Å². The summed E-state index contributed by atoms with van der Waals surface area (Å²) in [5.74, 6) is 0.374. The molecular formula is C5H11BrO. The molecule has 0 saturated heterocycles. The third kappa shape index (κ3) is 3.06. The van der Waals surface area contributed by atoms with E-state index in [1.807, 2.05) is 13.8 Å². The molecule has 7 heavy (non-hydrogen) atoms. The maximum atomic E-state index is 8.89. The fourth-order valence-electron chi connectivity index (χ4n) is 0.178. The molecule has 1 atom stereocenters. The van der Waals surface area contributed by atoms with Crippen molar-refractivity contribution in [1.29, 1.82) is 0 Å². The molecule has 0 amide bonds. The van der Waals surface area contributed by atoms with E-state index in [2.05, 4.69) is 15.9 Å². The van der Waals surface area contributed by atoms with Gasteiger partial charge < -0.3 is 5.11 Å². The Morgan fingerprint density at radius 2 is 2.00 bits per heavy atom. The first-order valence-corrected chi connectivity index (χ1v) is 3.54. The van der Waals surface area contributed by atoms with Gasteiger partial charge in [0.2, 0.25) is 0 Å². The van der Waals surface area contributed by atoms with E-state index in [1.54, 1.807) is 0 Å². The van der Waals surface area contributed by atoms with Gasteiger partial charge in [0.05, 0.1) is 6.10 Å². The molecule has 0 bridgehead atoms. The monoisotopic (exact) mass is 166 g/mol. The molecule has 44 valence electrons. The maximum Gasteiger partial charge on any atom is 0.0659 e. The second-order valence-electron chi connectivity index (χ2n) is 1.97. The SMILES string of the molecule is CC(C)[C@H](O)CBr. The van der Waals surface area contributed by atoms with E-state index in [-0.39, 0.29) is 6.10 Å². The fourth-order valence-corrected chi connectivity index (χ4v) is 0.926. The van der Waals surface area contributed by atoms with Crippen LogP contribution >= 0.6 is 15.9 Å². The molecule has 0 aliphatic heterocycles. The number of hydrogen-bond acceptors (Lipinski definition) is 1. The van der Waals surface area contributed by atoms with Crippen molar-refractivity contribution < 1.29 is 5.11 Å². The zero-order valence-electron chi connectivity index (χ0n) is 4.69. The summed E-state index contributed by atoms with van der Waals surface area (Å²) in [5.41, 5.74) is 0. The summed E-state index contributed by atoms with van der Waals surface area (Å²) in [6, 6.07) is 0. The number of rotatable bonds is 2. The van der Waals surface area contributed by atoms with Gasteiger partial charge in [0.25, 0.3) is 0 Å². The van der Waals surface area contributed by atoms with E-state index in [4.69, 9.17) is 5.11 Å². The smallest absolute Gasteiger partial charge is 0.0659 e. The molecule has 1 nitrogen and oxygen atoms in total.